The first-order chi connectivity index (χ1) is 6.29. The van der Waals surface area contributed by atoms with Gasteiger partial charge in [-0.3, -0.25) is 0 Å². The Morgan fingerprint density at radius 1 is 0.643 bits per heavy atom. The SMILES string of the molecule is CC(C)B(C(C)C)N(C(C)C)C(C)C. The van der Waals surface area contributed by atoms with Crippen LogP contribution in [0.3, 0.4) is 0 Å². The fourth-order valence-corrected chi connectivity index (χ4v) is 2.74. The molecule has 0 saturated heterocycles. The Hall–Kier alpha value is 0.0249. The number of hydrogen-bond donors (Lipinski definition) is 0. The average molecular weight is 197 g/mol. The monoisotopic (exact) mass is 197 g/mol. The first-order valence-corrected chi connectivity index (χ1v) is 6.06. The van der Waals surface area contributed by atoms with Crippen LogP contribution in [-0.4, -0.2) is 23.7 Å². The van der Waals surface area contributed by atoms with E-state index in [4.69, 9.17) is 0 Å². The van der Waals surface area contributed by atoms with E-state index in [1.54, 1.807) is 0 Å². The third kappa shape index (κ3) is 3.64. The van der Waals surface area contributed by atoms with Gasteiger partial charge < -0.3 is 4.81 Å². The van der Waals surface area contributed by atoms with Crippen molar-refractivity contribution in [2.75, 3.05) is 0 Å². The molecule has 1 nitrogen and oxygen atoms in total. The van der Waals surface area contributed by atoms with E-state index >= 15 is 0 Å². The van der Waals surface area contributed by atoms with Gasteiger partial charge in [-0.05, 0) is 12.1 Å². The van der Waals surface area contributed by atoms with E-state index in [-0.39, 0.29) is 0 Å². The molecule has 2 heteroatoms. The number of nitrogens with zero attached hydrogens (tertiary/aromatic N) is 1. The van der Waals surface area contributed by atoms with Gasteiger partial charge in [0, 0.05) is 0 Å². The van der Waals surface area contributed by atoms with Crippen LogP contribution in [0.25, 0.3) is 0 Å². The molecule has 0 aliphatic rings. The lowest BCUT2D eigenvalue weighted by Crippen LogP contribution is -2.51. The molecule has 0 aromatic heterocycles. The molecule has 0 atom stereocenters. The van der Waals surface area contributed by atoms with Crippen LogP contribution in [0, 0.1) is 0 Å². The lowest BCUT2D eigenvalue weighted by molar-refractivity contribution is 0.294. The Labute approximate surface area is 91.4 Å². The summed E-state index contributed by atoms with van der Waals surface area (Å²) in [4.78, 5) is 2.65. The zero-order valence-corrected chi connectivity index (χ0v) is 11.3. The lowest BCUT2D eigenvalue weighted by atomic mass is 9.42. The largest absolute Gasteiger partial charge is 0.337 e. The fourth-order valence-electron chi connectivity index (χ4n) is 2.74. The van der Waals surface area contributed by atoms with Gasteiger partial charge >= 0.3 is 0 Å². The van der Waals surface area contributed by atoms with E-state index in [0.29, 0.717) is 18.9 Å². The van der Waals surface area contributed by atoms with Crippen LogP contribution >= 0.6 is 0 Å². The summed E-state index contributed by atoms with van der Waals surface area (Å²) >= 11 is 0. The molecular weight excluding hydrogens is 169 g/mol. The maximum atomic E-state index is 2.65. The van der Waals surface area contributed by atoms with Crippen molar-refractivity contribution in [3.63, 3.8) is 0 Å². The summed E-state index contributed by atoms with van der Waals surface area (Å²) < 4.78 is 0. The van der Waals surface area contributed by atoms with Gasteiger partial charge in [-0.1, -0.05) is 67.0 Å². The van der Waals surface area contributed by atoms with Crippen molar-refractivity contribution in [2.45, 2.75) is 79.1 Å². The summed E-state index contributed by atoms with van der Waals surface area (Å²) in [7, 11) is 0. The van der Waals surface area contributed by atoms with E-state index in [9.17, 15) is 0 Å². The van der Waals surface area contributed by atoms with Crippen LogP contribution in [0.1, 0.15) is 55.4 Å². The Balaban J connectivity index is 4.74. The van der Waals surface area contributed by atoms with E-state index in [0.717, 1.165) is 11.6 Å². The third-order valence-corrected chi connectivity index (χ3v) is 2.90. The molecule has 0 rings (SSSR count). The fraction of sp³-hybridized carbons (Fsp3) is 1.00. The summed E-state index contributed by atoms with van der Waals surface area (Å²) in [5.74, 6) is 1.47. The van der Waals surface area contributed by atoms with Gasteiger partial charge in [0.05, 0.1) is 0 Å². The maximum Gasteiger partial charge on any atom is 0.228 e. The minimum atomic E-state index is 0.643. The van der Waals surface area contributed by atoms with Gasteiger partial charge in [-0.25, -0.2) is 0 Å². The van der Waals surface area contributed by atoms with Gasteiger partial charge in [-0.15, -0.1) is 0 Å². The second kappa shape index (κ2) is 5.80. The first kappa shape index (κ1) is 14.0. The van der Waals surface area contributed by atoms with Crippen LogP contribution in [0.4, 0.5) is 0 Å². The van der Waals surface area contributed by atoms with Crippen molar-refractivity contribution in [3.05, 3.63) is 0 Å². The van der Waals surface area contributed by atoms with Gasteiger partial charge in [0.2, 0.25) is 6.85 Å². The predicted molar refractivity (Wildman–Crippen MR) is 68.1 cm³/mol. The molecule has 0 spiro atoms. The van der Waals surface area contributed by atoms with Crippen molar-refractivity contribution in [1.29, 1.82) is 0 Å². The van der Waals surface area contributed by atoms with E-state index in [1.165, 1.54) is 0 Å². The molecule has 0 unspecified atom stereocenters. The Kier molecular flexibility index (Phi) is 5.81. The van der Waals surface area contributed by atoms with Crippen LogP contribution in [0.15, 0.2) is 0 Å². The first-order valence-electron chi connectivity index (χ1n) is 6.06. The molecule has 0 amide bonds. The maximum absolute atomic E-state index is 2.65. The van der Waals surface area contributed by atoms with E-state index in [1.807, 2.05) is 0 Å². The highest BCUT2D eigenvalue weighted by Gasteiger charge is 2.32. The van der Waals surface area contributed by atoms with Crippen molar-refractivity contribution >= 4 is 6.85 Å². The van der Waals surface area contributed by atoms with Gasteiger partial charge in [-0.2, -0.15) is 0 Å². The second-order valence-corrected chi connectivity index (χ2v) is 5.61. The minimum absolute atomic E-state index is 0.643. The van der Waals surface area contributed by atoms with Crippen LogP contribution < -0.4 is 0 Å². The molecule has 84 valence electrons. The summed E-state index contributed by atoms with van der Waals surface area (Å²) in [6, 6.07) is 1.29. The van der Waals surface area contributed by atoms with Crippen LogP contribution in [-0.2, 0) is 0 Å². The molecule has 0 aliphatic heterocycles. The zero-order chi connectivity index (χ0) is 11.5. The molecule has 0 saturated carbocycles. The normalized spacial score (nSPS) is 12.6. The highest BCUT2D eigenvalue weighted by atomic mass is 15.1. The van der Waals surface area contributed by atoms with Gasteiger partial charge in [0.15, 0.2) is 0 Å². The summed E-state index contributed by atoms with van der Waals surface area (Å²) in [5.41, 5.74) is 0. The standard InChI is InChI=1S/C12H28BN/c1-9(2)13(10(3)4)14(11(5)6)12(7)8/h9-12H,1-8H3. The lowest BCUT2D eigenvalue weighted by Gasteiger charge is -2.40. The summed E-state index contributed by atoms with van der Waals surface area (Å²) in [5, 5.41) is 0. The van der Waals surface area contributed by atoms with Crippen molar-refractivity contribution in [1.82, 2.24) is 4.81 Å². The molecule has 0 fully saturated rings. The highest BCUT2D eigenvalue weighted by molar-refractivity contribution is 6.59. The summed E-state index contributed by atoms with van der Waals surface area (Å²) in [6.45, 7) is 19.3. The zero-order valence-electron chi connectivity index (χ0n) is 11.3. The van der Waals surface area contributed by atoms with Crippen molar-refractivity contribution in [2.24, 2.45) is 0 Å². The smallest absolute Gasteiger partial charge is 0.228 e. The molecule has 0 radical (unpaired) electrons. The van der Waals surface area contributed by atoms with E-state index in [2.05, 4.69) is 60.2 Å². The molecule has 0 aromatic carbocycles. The molecule has 14 heavy (non-hydrogen) atoms. The average Bonchev–Trinajstić information content (AvgIpc) is 1.96. The number of rotatable bonds is 5. The minimum Gasteiger partial charge on any atom is -0.337 e. The molecule has 0 heterocycles. The predicted octanol–water partition coefficient (Wildman–Crippen LogP) is 3.92. The second-order valence-electron chi connectivity index (χ2n) is 5.61. The van der Waals surface area contributed by atoms with Crippen LogP contribution in [0.2, 0.25) is 11.6 Å². The van der Waals surface area contributed by atoms with Crippen molar-refractivity contribution in [3.8, 4) is 0 Å². The van der Waals surface area contributed by atoms with Gasteiger partial charge in [0.25, 0.3) is 0 Å². The van der Waals surface area contributed by atoms with Crippen LogP contribution in [0.5, 0.6) is 0 Å². The van der Waals surface area contributed by atoms with E-state index < -0.39 is 0 Å². The molecular formula is C12H28BN. The topological polar surface area (TPSA) is 3.24 Å². The Bertz CT molecular complexity index is 118. The Morgan fingerprint density at radius 3 is 1.00 bits per heavy atom. The Morgan fingerprint density at radius 2 is 0.929 bits per heavy atom. The molecule has 0 aromatic rings. The third-order valence-electron chi connectivity index (χ3n) is 2.90. The molecule has 0 N–H and O–H groups in total. The highest BCUT2D eigenvalue weighted by Crippen LogP contribution is 2.26. The van der Waals surface area contributed by atoms with Gasteiger partial charge in [0.1, 0.15) is 0 Å². The molecule has 0 aliphatic carbocycles. The number of hydrogen-bond acceptors (Lipinski definition) is 1. The quantitative estimate of drug-likeness (QED) is 0.604. The molecule has 0 bridgehead atoms. The van der Waals surface area contributed by atoms with Crippen molar-refractivity contribution < 1.29 is 0 Å². The summed E-state index contributed by atoms with van der Waals surface area (Å²) in [6.07, 6.45) is 0.